The van der Waals surface area contributed by atoms with E-state index < -0.39 is 12.3 Å². The number of alkyl halides is 2. The number of amides is 1. The highest BCUT2D eigenvalue weighted by Gasteiger charge is 2.14. The van der Waals surface area contributed by atoms with Crippen LogP contribution in [-0.2, 0) is 4.84 Å². The van der Waals surface area contributed by atoms with Crippen LogP contribution in [0.5, 0.6) is 0 Å². The molecule has 0 saturated heterocycles. The van der Waals surface area contributed by atoms with Crippen molar-refractivity contribution in [2.45, 2.75) is 26.7 Å². The number of nitrogens with zero attached hydrogens (tertiary/aromatic N) is 1. The summed E-state index contributed by atoms with van der Waals surface area (Å²) in [6.07, 6.45) is -0.745. The first-order chi connectivity index (χ1) is 8.06. The van der Waals surface area contributed by atoms with Crippen molar-refractivity contribution in [1.82, 2.24) is 10.5 Å². The van der Waals surface area contributed by atoms with Crippen LogP contribution < -0.4 is 5.48 Å². The Labute approximate surface area is 98.0 Å². The summed E-state index contributed by atoms with van der Waals surface area (Å²) >= 11 is 0. The van der Waals surface area contributed by atoms with Crippen LogP contribution in [0.2, 0.25) is 0 Å². The van der Waals surface area contributed by atoms with Gasteiger partial charge in [-0.25, -0.2) is 14.3 Å². The molecule has 4 nitrogen and oxygen atoms in total. The predicted octanol–water partition coefficient (Wildman–Crippen LogP) is 2.40. The molecular weight excluding hydrogens is 230 g/mol. The van der Waals surface area contributed by atoms with Gasteiger partial charge in [0.15, 0.2) is 0 Å². The van der Waals surface area contributed by atoms with E-state index in [1.807, 2.05) is 6.92 Å². The van der Waals surface area contributed by atoms with E-state index in [0.717, 1.165) is 12.6 Å². The van der Waals surface area contributed by atoms with Crippen molar-refractivity contribution in [3.63, 3.8) is 0 Å². The maximum atomic E-state index is 12.3. The fourth-order valence-electron chi connectivity index (χ4n) is 1.21. The highest BCUT2D eigenvalue weighted by Crippen LogP contribution is 2.18. The Morgan fingerprint density at radius 1 is 1.59 bits per heavy atom. The van der Waals surface area contributed by atoms with Gasteiger partial charge in [0.05, 0.1) is 12.2 Å². The quantitative estimate of drug-likeness (QED) is 0.639. The Bertz CT molecular complexity index is 397. The van der Waals surface area contributed by atoms with E-state index in [1.165, 1.54) is 6.07 Å². The van der Waals surface area contributed by atoms with Crippen LogP contribution in [0, 0.1) is 6.92 Å². The van der Waals surface area contributed by atoms with E-state index in [2.05, 4.69) is 10.5 Å². The molecule has 0 radical (unpaired) electrons. The molecule has 0 spiro atoms. The molecule has 1 aromatic rings. The predicted molar refractivity (Wildman–Crippen MR) is 57.6 cm³/mol. The largest absolute Gasteiger partial charge is 0.280 e. The van der Waals surface area contributed by atoms with Gasteiger partial charge in [-0.05, 0) is 25.0 Å². The van der Waals surface area contributed by atoms with E-state index in [4.69, 9.17) is 4.84 Å². The maximum Gasteiger partial charge on any atom is 0.280 e. The number of rotatable bonds is 5. The molecule has 0 aliphatic carbocycles. The van der Waals surface area contributed by atoms with Crippen molar-refractivity contribution in [1.29, 1.82) is 0 Å². The number of hydrogen-bond donors (Lipinski definition) is 1. The number of aryl methyl sites for hydroxylation is 1. The van der Waals surface area contributed by atoms with E-state index in [9.17, 15) is 13.6 Å². The van der Waals surface area contributed by atoms with Gasteiger partial charge >= 0.3 is 0 Å². The minimum Gasteiger partial charge on any atom is -0.273 e. The minimum absolute atomic E-state index is 0.227. The molecule has 0 fully saturated rings. The van der Waals surface area contributed by atoms with Crippen LogP contribution >= 0.6 is 0 Å². The molecule has 0 atom stereocenters. The summed E-state index contributed by atoms with van der Waals surface area (Å²) in [5.41, 5.74) is 2.55. The Morgan fingerprint density at radius 2 is 2.29 bits per heavy atom. The first-order valence-corrected chi connectivity index (χ1v) is 5.23. The van der Waals surface area contributed by atoms with Crippen LogP contribution in [-0.4, -0.2) is 17.5 Å². The summed E-state index contributed by atoms with van der Waals surface area (Å²) in [6, 6.07) is 1.19. The number of halogens is 2. The lowest BCUT2D eigenvalue weighted by Gasteiger charge is -2.08. The number of hydroxylamine groups is 1. The molecule has 6 heteroatoms. The lowest BCUT2D eigenvalue weighted by atomic mass is 10.1. The molecule has 1 aromatic heterocycles. The highest BCUT2D eigenvalue weighted by atomic mass is 19.3. The zero-order valence-electron chi connectivity index (χ0n) is 9.67. The summed E-state index contributed by atoms with van der Waals surface area (Å²) in [6.45, 7) is 3.87. The van der Waals surface area contributed by atoms with E-state index in [1.54, 1.807) is 6.92 Å². The fraction of sp³-hybridized carbons (Fsp3) is 0.455. The molecule has 94 valence electrons. The van der Waals surface area contributed by atoms with Gasteiger partial charge < -0.3 is 0 Å². The Balaban J connectivity index is 2.74. The van der Waals surface area contributed by atoms with Crippen molar-refractivity contribution < 1.29 is 18.4 Å². The normalized spacial score (nSPS) is 10.6. The van der Waals surface area contributed by atoms with Gasteiger partial charge in [-0.2, -0.15) is 0 Å². The Morgan fingerprint density at radius 3 is 2.82 bits per heavy atom. The maximum absolute atomic E-state index is 12.3. The SMILES string of the molecule is CCCONC(=O)c1cnc(C(F)F)cc1C. The zero-order chi connectivity index (χ0) is 12.8. The summed E-state index contributed by atoms with van der Waals surface area (Å²) < 4.78 is 24.7. The topological polar surface area (TPSA) is 51.2 Å². The first-order valence-electron chi connectivity index (χ1n) is 5.23. The van der Waals surface area contributed by atoms with E-state index >= 15 is 0 Å². The lowest BCUT2D eigenvalue weighted by molar-refractivity contribution is 0.0314. The molecule has 0 saturated carbocycles. The number of pyridine rings is 1. The molecule has 1 amide bonds. The third-order valence-electron chi connectivity index (χ3n) is 2.07. The second-order valence-corrected chi connectivity index (χ2v) is 3.50. The second kappa shape index (κ2) is 6.24. The van der Waals surface area contributed by atoms with Gasteiger partial charge in [-0.15, -0.1) is 0 Å². The molecule has 17 heavy (non-hydrogen) atoms. The molecule has 0 aromatic carbocycles. The summed E-state index contributed by atoms with van der Waals surface area (Å²) in [4.78, 5) is 19.9. The smallest absolute Gasteiger partial charge is 0.273 e. The van der Waals surface area contributed by atoms with Gasteiger partial charge in [0.2, 0.25) is 0 Å². The number of nitrogens with one attached hydrogen (secondary N) is 1. The van der Waals surface area contributed by atoms with E-state index in [-0.39, 0.29) is 11.3 Å². The number of aromatic nitrogens is 1. The number of carbonyl (C=O) groups excluding carboxylic acids is 1. The fourth-order valence-corrected chi connectivity index (χ4v) is 1.21. The Kier molecular flexibility index (Phi) is 4.96. The average Bonchev–Trinajstić information content (AvgIpc) is 2.28. The third-order valence-corrected chi connectivity index (χ3v) is 2.07. The average molecular weight is 244 g/mol. The van der Waals surface area contributed by atoms with Crippen molar-refractivity contribution in [3.8, 4) is 0 Å². The van der Waals surface area contributed by atoms with Crippen molar-refractivity contribution >= 4 is 5.91 Å². The van der Waals surface area contributed by atoms with Crippen molar-refractivity contribution in [3.05, 3.63) is 29.1 Å². The summed E-state index contributed by atoms with van der Waals surface area (Å²) in [5.74, 6) is -0.482. The zero-order valence-corrected chi connectivity index (χ0v) is 9.67. The number of carbonyl (C=O) groups is 1. The lowest BCUT2D eigenvalue weighted by Crippen LogP contribution is -2.25. The van der Waals surface area contributed by atoms with Gasteiger partial charge in [0.25, 0.3) is 12.3 Å². The van der Waals surface area contributed by atoms with E-state index in [0.29, 0.717) is 12.2 Å². The molecule has 0 aliphatic heterocycles. The third kappa shape index (κ3) is 3.74. The molecule has 0 bridgehead atoms. The van der Waals surface area contributed by atoms with Crippen LogP contribution in [0.3, 0.4) is 0 Å². The minimum atomic E-state index is -2.64. The van der Waals surface area contributed by atoms with Crippen molar-refractivity contribution in [2.75, 3.05) is 6.61 Å². The summed E-state index contributed by atoms with van der Waals surface area (Å²) in [7, 11) is 0. The Hall–Kier alpha value is -1.56. The number of hydrogen-bond acceptors (Lipinski definition) is 3. The molecular formula is C11H14F2N2O2. The first kappa shape index (κ1) is 13.5. The van der Waals surface area contributed by atoms with Crippen LogP contribution in [0.1, 0.15) is 41.4 Å². The van der Waals surface area contributed by atoms with Gasteiger partial charge in [-0.3, -0.25) is 14.6 Å². The standard InChI is InChI=1S/C11H14F2N2O2/c1-3-4-17-15-11(16)8-6-14-9(10(12)13)5-7(8)2/h5-6,10H,3-4H2,1-2H3,(H,15,16). The molecule has 0 aliphatic rings. The monoisotopic (exact) mass is 244 g/mol. The second-order valence-electron chi connectivity index (χ2n) is 3.50. The van der Waals surface area contributed by atoms with Crippen LogP contribution in [0.15, 0.2) is 12.3 Å². The highest BCUT2D eigenvalue weighted by molar-refractivity contribution is 5.94. The summed E-state index contributed by atoms with van der Waals surface area (Å²) in [5, 5.41) is 0. The molecule has 1 rings (SSSR count). The van der Waals surface area contributed by atoms with Gasteiger partial charge in [0, 0.05) is 6.20 Å². The van der Waals surface area contributed by atoms with Crippen molar-refractivity contribution in [2.24, 2.45) is 0 Å². The van der Waals surface area contributed by atoms with Crippen LogP contribution in [0.25, 0.3) is 0 Å². The molecule has 1 N–H and O–H groups in total. The van der Waals surface area contributed by atoms with Crippen LogP contribution in [0.4, 0.5) is 8.78 Å². The van der Waals surface area contributed by atoms with Gasteiger partial charge in [-0.1, -0.05) is 6.92 Å². The molecule has 1 heterocycles. The molecule has 0 unspecified atom stereocenters. The van der Waals surface area contributed by atoms with Gasteiger partial charge in [0.1, 0.15) is 5.69 Å².